The highest BCUT2D eigenvalue weighted by atomic mass is 16.4. The van der Waals surface area contributed by atoms with Crippen LogP contribution in [0.15, 0.2) is 0 Å². The van der Waals surface area contributed by atoms with Gasteiger partial charge in [0.15, 0.2) is 0 Å². The van der Waals surface area contributed by atoms with Gasteiger partial charge in [-0.2, -0.15) is 0 Å². The number of carbonyl (C=O) groups is 2. The molecule has 0 spiro atoms. The molecule has 5 saturated carbocycles. The second-order valence-corrected chi connectivity index (χ2v) is 14.9. The molecule has 2 N–H and O–H groups in total. The number of rotatable bonds is 2. The fourth-order valence-electron chi connectivity index (χ4n) is 12.0. The molecular weight excluding hydrogens is 424 g/mol. The Morgan fingerprint density at radius 3 is 1.97 bits per heavy atom. The smallest absolute Gasteiger partial charge is 0.309 e. The number of aliphatic hydroxyl groups excluding tert-OH is 1. The fourth-order valence-corrected chi connectivity index (χ4v) is 12.0. The van der Waals surface area contributed by atoms with E-state index >= 15 is 0 Å². The number of carbonyl (C=O) groups excluding carboxylic acids is 1. The van der Waals surface area contributed by atoms with Crippen molar-refractivity contribution in [1.82, 2.24) is 0 Å². The SMILES string of the molecule is CC(=O)[C@@H]1CC[C@]2(C(=O)O)CC[C@@]3(C)[C@]4(C)CC[C@H]5C(C)(C)[C@@H](O)CC[C@]5(C)[C@H]4CC[C@]3(C)[C@@H]12. The number of carboxylic acids is 1. The Kier molecular flexibility index (Phi) is 5.18. The number of carboxylic acid groups (broad SMARTS) is 1. The van der Waals surface area contributed by atoms with Gasteiger partial charge in [0, 0.05) is 5.92 Å². The molecule has 0 aromatic rings. The summed E-state index contributed by atoms with van der Waals surface area (Å²) in [6.45, 7) is 16.2. The van der Waals surface area contributed by atoms with Gasteiger partial charge in [-0.1, -0.05) is 41.5 Å². The Labute approximate surface area is 206 Å². The molecule has 0 heterocycles. The van der Waals surface area contributed by atoms with Crippen molar-refractivity contribution in [3.63, 3.8) is 0 Å². The third-order valence-electron chi connectivity index (χ3n) is 14.1. The van der Waals surface area contributed by atoms with Crippen LogP contribution in [0.25, 0.3) is 0 Å². The highest BCUT2D eigenvalue weighted by Crippen LogP contribution is 2.80. The molecule has 192 valence electrons. The third-order valence-corrected chi connectivity index (χ3v) is 14.1. The van der Waals surface area contributed by atoms with Crippen LogP contribution in [0, 0.1) is 56.2 Å². The topological polar surface area (TPSA) is 74.6 Å². The molecule has 0 saturated heterocycles. The molecule has 0 aromatic heterocycles. The Bertz CT molecular complexity index is 909. The number of Topliss-reactive ketones (excluding diaryl/α,β-unsaturated/α-hetero) is 1. The summed E-state index contributed by atoms with van der Waals surface area (Å²) in [6, 6.07) is 0. The monoisotopic (exact) mass is 472 g/mol. The van der Waals surface area contributed by atoms with Crippen molar-refractivity contribution < 1.29 is 19.8 Å². The third kappa shape index (κ3) is 2.60. The largest absolute Gasteiger partial charge is 0.481 e. The molecule has 10 atom stereocenters. The van der Waals surface area contributed by atoms with Gasteiger partial charge in [0.05, 0.1) is 11.5 Å². The lowest BCUT2D eigenvalue weighted by atomic mass is 9.29. The number of hydrogen-bond donors (Lipinski definition) is 2. The summed E-state index contributed by atoms with van der Waals surface area (Å²) < 4.78 is 0. The second-order valence-electron chi connectivity index (χ2n) is 14.9. The molecule has 0 bridgehead atoms. The maximum absolute atomic E-state index is 12.9. The van der Waals surface area contributed by atoms with Gasteiger partial charge < -0.3 is 10.2 Å². The van der Waals surface area contributed by atoms with E-state index in [9.17, 15) is 19.8 Å². The van der Waals surface area contributed by atoms with Gasteiger partial charge in [0.1, 0.15) is 5.78 Å². The van der Waals surface area contributed by atoms with E-state index in [0.29, 0.717) is 18.3 Å². The molecule has 5 fully saturated rings. The minimum atomic E-state index is -0.730. The molecule has 5 rings (SSSR count). The molecule has 0 radical (unpaired) electrons. The van der Waals surface area contributed by atoms with Crippen LogP contribution in [0.4, 0.5) is 0 Å². The van der Waals surface area contributed by atoms with Crippen LogP contribution in [0.1, 0.15) is 113 Å². The minimum Gasteiger partial charge on any atom is -0.481 e. The summed E-state index contributed by atoms with van der Waals surface area (Å²) >= 11 is 0. The van der Waals surface area contributed by atoms with E-state index in [1.165, 1.54) is 0 Å². The number of aliphatic carboxylic acids is 1. The predicted molar refractivity (Wildman–Crippen MR) is 133 cm³/mol. The fraction of sp³-hybridized carbons (Fsp3) is 0.933. The molecule has 0 aromatic carbocycles. The first-order valence-corrected chi connectivity index (χ1v) is 14.0. The van der Waals surface area contributed by atoms with Gasteiger partial charge in [0.25, 0.3) is 0 Å². The van der Waals surface area contributed by atoms with Crippen molar-refractivity contribution in [2.75, 3.05) is 0 Å². The van der Waals surface area contributed by atoms with Crippen LogP contribution < -0.4 is 0 Å². The van der Waals surface area contributed by atoms with Gasteiger partial charge in [0.2, 0.25) is 0 Å². The van der Waals surface area contributed by atoms with Gasteiger partial charge in [-0.05, 0) is 116 Å². The first-order valence-electron chi connectivity index (χ1n) is 14.0. The first kappa shape index (κ1) is 24.8. The molecule has 34 heavy (non-hydrogen) atoms. The molecular formula is C30H48O4. The van der Waals surface area contributed by atoms with Crippen molar-refractivity contribution >= 4 is 11.8 Å². The maximum atomic E-state index is 12.9. The Hall–Kier alpha value is -0.900. The lowest BCUT2D eigenvalue weighted by Crippen LogP contribution is -2.70. The van der Waals surface area contributed by atoms with Crippen molar-refractivity contribution in [1.29, 1.82) is 0 Å². The molecule has 0 unspecified atom stereocenters. The molecule has 4 nitrogen and oxygen atoms in total. The summed E-state index contributed by atoms with van der Waals surface area (Å²) in [5.41, 5.74) is -0.597. The van der Waals surface area contributed by atoms with Crippen molar-refractivity contribution in [2.24, 2.45) is 56.2 Å². The highest BCUT2D eigenvalue weighted by Gasteiger charge is 2.76. The second kappa shape index (κ2) is 7.11. The normalized spacial score (nSPS) is 55.9. The average molecular weight is 473 g/mol. The summed E-state index contributed by atoms with van der Waals surface area (Å²) in [4.78, 5) is 25.7. The highest BCUT2D eigenvalue weighted by molar-refractivity contribution is 5.83. The number of fused-ring (bicyclic) bond motifs is 7. The molecule has 5 aliphatic rings. The summed E-state index contributed by atoms with van der Waals surface area (Å²) in [5.74, 6) is 0.476. The number of ketones is 1. The summed E-state index contributed by atoms with van der Waals surface area (Å²) in [7, 11) is 0. The first-order chi connectivity index (χ1) is 15.6. The zero-order valence-corrected chi connectivity index (χ0v) is 22.7. The summed E-state index contributed by atoms with van der Waals surface area (Å²) in [5, 5.41) is 21.4. The minimum absolute atomic E-state index is 0.0127. The quantitative estimate of drug-likeness (QED) is 0.481. The molecule has 0 amide bonds. The lowest BCUT2D eigenvalue weighted by Gasteiger charge is -2.75. The van der Waals surface area contributed by atoms with Crippen molar-refractivity contribution in [2.45, 2.75) is 119 Å². The van der Waals surface area contributed by atoms with Crippen LogP contribution in [0.2, 0.25) is 0 Å². The van der Waals surface area contributed by atoms with Crippen molar-refractivity contribution in [3.05, 3.63) is 0 Å². The number of hydrogen-bond acceptors (Lipinski definition) is 3. The average Bonchev–Trinajstić information content (AvgIpc) is 3.16. The van der Waals surface area contributed by atoms with Gasteiger partial charge in [-0.25, -0.2) is 0 Å². The van der Waals surface area contributed by atoms with Gasteiger partial charge in [-0.3, -0.25) is 9.59 Å². The molecule has 4 heteroatoms. The van der Waals surface area contributed by atoms with Gasteiger partial charge >= 0.3 is 5.97 Å². The van der Waals surface area contributed by atoms with Crippen LogP contribution in [-0.4, -0.2) is 28.1 Å². The summed E-state index contributed by atoms with van der Waals surface area (Å²) in [6.07, 6.45) is 9.27. The Morgan fingerprint density at radius 2 is 1.35 bits per heavy atom. The van der Waals surface area contributed by atoms with E-state index in [-0.39, 0.29) is 50.8 Å². The van der Waals surface area contributed by atoms with E-state index in [1.807, 2.05) is 0 Å². The van der Waals surface area contributed by atoms with Crippen LogP contribution in [0.5, 0.6) is 0 Å². The van der Waals surface area contributed by atoms with Crippen molar-refractivity contribution in [3.8, 4) is 0 Å². The zero-order chi connectivity index (χ0) is 25.1. The van der Waals surface area contributed by atoms with Crippen LogP contribution >= 0.6 is 0 Å². The van der Waals surface area contributed by atoms with Gasteiger partial charge in [-0.15, -0.1) is 0 Å². The Balaban J connectivity index is 1.61. The van der Waals surface area contributed by atoms with E-state index in [1.54, 1.807) is 6.92 Å². The van der Waals surface area contributed by atoms with Crippen LogP contribution in [-0.2, 0) is 9.59 Å². The lowest BCUT2D eigenvalue weighted by molar-refractivity contribution is -0.277. The Morgan fingerprint density at radius 1 is 0.735 bits per heavy atom. The maximum Gasteiger partial charge on any atom is 0.309 e. The van der Waals surface area contributed by atoms with E-state index in [4.69, 9.17) is 0 Å². The van der Waals surface area contributed by atoms with Crippen LogP contribution in [0.3, 0.4) is 0 Å². The predicted octanol–water partition coefficient (Wildman–Crippen LogP) is 6.49. The van der Waals surface area contributed by atoms with E-state index < -0.39 is 11.4 Å². The van der Waals surface area contributed by atoms with E-state index in [0.717, 1.165) is 57.8 Å². The van der Waals surface area contributed by atoms with E-state index in [2.05, 4.69) is 41.5 Å². The molecule has 0 aliphatic heterocycles. The standard InChI is InChI=1S/C30H48O4/c1-18(31)19-8-15-30(24(33)34)17-16-29(7)27(5)13-9-20-25(2,3)22(32)11-12-26(20,4)21(27)10-14-28(29,6)23(19)30/h19-23,32H,8-17H2,1-7H3,(H,33,34)/t19-,20-,21+,22-,23+,26-,27+,28+,29-,30-/m0/s1. The molecule has 5 aliphatic carbocycles. The number of aliphatic hydroxyl groups is 1. The zero-order valence-electron chi connectivity index (χ0n) is 22.7.